The van der Waals surface area contributed by atoms with E-state index in [1.807, 2.05) is 0 Å². The van der Waals surface area contributed by atoms with Gasteiger partial charge < -0.3 is 5.32 Å². The smallest absolute Gasteiger partial charge is 0.300 e. The first-order valence-electron chi connectivity index (χ1n) is 4.77. The van der Waals surface area contributed by atoms with Gasteiger partial charge in [-0.3, -0.25) is 9.59 Å². The topological polar surface area (TPSA) is 46.2 Å². The third-order valence-electron chi connectivity index (χ3n) is 1.94. The lowest BCUT2D eigenvalue weighted by atomic mass is 10.1. The number of hydrogen-bond donors (Lipinski definition) is 1. The van der Waals surface area contributed by atoms with Crippen molar-refractivity contribution < 1.29 is 18.4 Å². The minimum atomic E-state index is -3.05. The van der Waals surface area contributed by atoms with Crippen LogP contribution in [0.15, 0.2) is 24.3 Å². The fourth-order valence-corrected chi connectivity index (χ4v) is 1.20. The number of Topliss-reactive ketones (excluding diaryl/α,β-unsaturated/α-hetero) is 1. The fraction of sp³-hybridized carbons (Fsp3) is 0.273. The molecular weight excluding hydrogens is 216 g/mol. The van der Waals surface area contributed by atoms with E-state index < -0.39 is 12.2 Å². The van der Waals surface area contributed by atoms with Gasteiger partial charge in [0.05, 0.1) is 0 Å². The molecule has 5 heteroatoms. The first-order valence-corrected chi connectivity index (χ1v) is 4.77. The molecule has 0 bridgehead atoms. The van der Waals surface area contributed by atoms with E-state index in [9.17, 15) is 18.4 Å². The summed E-state index contributed by atoms with van der Waals surface area (Å²) in [5, 5.41) is 2.52. The molecule has 0 spiro atoms. The van der Waals surface area contributed by atoms with Gasteiger partial charge in [0.2, 0.25) is 5.78 Å². The van der Waals surface area contributed by atoms with E-state index in [4.69, 9.17) is 0 Å². The lowest BCUT2D eigenvalue weighted by Gasteiger charge is -2.04. The Labute approximate surface area is 91.5 Å². The highest BCUT2D eigenvalue weighted by atomic mass is 19.3. The summed E-state index contributed by atoms with van der Waals surface area (Å²) in [5.41, 5.74) is 0.0482. The lowest BCUT2D eigenvalue weighted by Crippen LogP contribution is -2.23. The van der Waals surface area contributed by atoms with Crippen LogP contribution < -0.4 is 5.32 Å². The predicted octanol–water partition coefficient (Wildman–Crippen LogP) is 1.88. The first kappa shape index (κ1) is 12.3. The molecule has 0 radical (unpaired) electrons. The van der Waals surface area contributed by atoms with Crippen molar-refractivity contribution in [2.75, 3.05) is 6.54 Å². The number of carbonyl (C=O) groups is 2. The van der Waals surface area contributed by atoms with Crippen LogP contribution in [-0.4, -0.2) is 24.7 Å². The molecule has 0 saturated heterocycles. The van der Waals surface area contributed by atoms with Crippen LogP contribution in [0.4, 0.5) is 8.78 Å². The van der Waals surface area contributed by atoms with E-state index >= 15 is 0 Å². The average molecular weight is 227 g/mol. The van der Waals surface area contributed by atoms with E-state index in [0.29, 0.717) is 6.54 Å². The largest absolute Gasteiger partial charge is 0.352 e. The number of benzene rings is 1. The minimum absolute atomic E-state index is 0.154. The highest BCUT2D eigenvalue weighted by molar-refractivity contribution is 6.01. The molecule has 0 aliphatic heterocycles. The molecule has 0 aliphatic carbocycles. The van der Waals surface area contributed by atoms with Crippen LogP contribution in [0.25, 0.3) is 0 Å². The zero-order chi connectivity index (χ0) is 12.1. The summed E-state index contributed by atoms with van der Waals surface area (Å²) in [7, 11) is 0. The van der Waals surface area contributed by atoms with Gasteiger partial charge in [0, 0.05) is 17.7 Å². The maximum atomic E-state index is 12.1. The molecule has 1 rings (SSSR count). The number of amides is 1. The second kappa shape index (κ2) is 5.34. The molecular formula is C11H11F2NO2. The SMILES string of the molecule is CCNC(=O)c1cccc(C(=O)C(F)F)c1. The van der Waals surface area contributed by atoms with Crippen LogP contribution >= 0.6 is 0 Å². The Bertz CT molecular complexity index is 405. The van der Waals surface area contributed by atoms with Gasteiger partial charge in [0.25, 0.3) is 5.91 Å². The maximum absolute atomic E-state index is 12.1. The van der Waals surface area contributed by atoms with Crippen molar-refractivity contribution in [2.24, 2.45) is 0 Å². The van der Waals surface area contributed by atoms with Crippen LogP contribution in [-0.2, 0) is 0 Å². The van der Waals surface area contributed by atoms with E-state index in [0.717, 1.165) is 0 Å². The summed E-state index contributed by atoms with van der Waals surface area (Å²) in [6.07, 6.45) is -3.05. The Morgan fingerprint density at radius 1 is 1.31 bits per heavy atom. The Morgan fingerprint density at radius 2 is 1.94 bits per heavy atom. The van der Waals surface area contributed by atoms with E-state index in [1.54, 1.807) is 6.92 Å². The van der Waals surface area contributed by atoms with Crippen molar-refractivity contribution in [2.45, 2.75) is 13.3 Å². The van der Waals surface area contributed by atoms with Crippen molar-refractivity contribution in [3.8, 4) is 0 Å². The molecule has 0 aromatic heterocycles. The van der Waals surface area contributed by atoms with Gasteiger partial charge in [-0.05, 0) is 19.1 Å². The highest BCUT2D eigenvalue weighted by Crippen LogP contribution is 2.10. The van der Waals surface area contributed by atoms with Crippen LogP contribution in [0.1, 0.15) is 27.6 Å². The van der Waals surface area contributed by atoms with Crippen molar-refractivity contribution >= 4 is 11.7 Å². The second-order valence-electron chi connectivity index (χ2n) is 3.11. The van der Waals surface area contributed by atoms with E-state index in [2.05, 4.69) is 5.32 Å². The Hall–Kier alpha value is -1.78. The van der Waals surface area contributed by atoms with Gasteiger partial charge in [-0.25, -0.2) is 8.78 Å². The molecule has 86 valence electrons. The third-order valence-corrected chi connectivity index (χ3v) is 1.94. The molecule has 0 fully saturated rings. The Morgan fingerprint density at radius 3 is 2.50 bits per heavy atom. The standard InChI is InChI=1S/C11H11F2NO2/c1-2-14-11(16)8-5-3-4-7(6-8)9(15)10(12)13/h3-6,10H,2H2,1H3,(H,14,16). The van der Waals surface area contributed by atoms with Crippen LogP contribution in [0.5, 0.6) is 0 Å². The summed E-state index contributed by atoms with van der Waals surface area (Å²) in [5.74, 6) is -1.66. The molecule has 1 aromatic rings. The lowest BCUT2D eigenvalue weighted by molar-refractivity contribution is 0.0678. The first-order chi connectivity index (χ1) is 7.56. The zero-order valence-corrected chi connectivity index (χ0v) is 8.67. The number of hydrogen-bond acceptors (Lipinski definition) is 2. The van der Waals surface area contributed by atoms with E-state index in [-0.39, 0.29) is 17.0 Å². The fourth-order valence-electron chi connectivity index (χ4n) is 1.20. The Kier molecular flexibility index (Phi) is 4.10. The maximum Gasteiger partial charge on any atom is 0.300 e. The molecule has 0 atom stereocenters. The molecule has 1 amide bonds. The molecule has 3 nitrogen and oxygen atoms in total. The zero-order valence-electron chi connectivity index (χ0n) is 8.67. The number of nitrogens with one attached hydrogen (secondary N) is 1. The quantitative estimate of drug-likeness (QED) is 0.798. The number of ketones is 1. The summed E-state index contributed by atoms with van der Waals surface area (Å²) in [6, 6.07) is 5.30. The van der Waals surface area contributed by atoms with E-state index in [1.165, 1.54) is 24.3 Å². The molecule has 16 heavy (non-hydrogen) atoms. The number of carbonyl (C=O) groups excluding carboxylic acids is 2. The van der Waals surface area contributed by atoms with Crippen LogP contribution in [0.2, 0.25) is 0 Å². The summed E-state index contributed by atoms with van der Waals surface area (Å²) in [6.45, 7) is 2.18. The highest BCUT2D eigenvalue weighted by Gasteiger charge is 2.18. The number of rotatable bonds is 4. The second-order valence-corrected chi connectivity index (χ2v) is 3.11. The van der Waals surface area contributed by atoms with Crippen LogP contribution in [0.3, 0.4) is 0 Å². The molecule has 0 heterocycles. The molecule has 1 aromatic carbocycles. The van der Waals surface area contributed by atoms with Gasteiger partial charge >= 0.3 is 6.43 Å². The third kappa shape index (κ3) is 2.85. The van der Waals surface area contributed by atoms with Gasteiger partial charge in [0.15, 0.2) is 0 Å². The van der Waals surface area contributed by atoms with Crippen molar-refractivity contribution in [1.29, 1.82) is 0 Å². The average Bonchev–Trinajstić information content (AvgIpc) is 2.28. The van der Waals surface area contributed by atoms with Crippen molar-refractivity contribution in [3.63, 3.8) is 0 Å². The van der Waals surface area contributed by atoms with Gasteiger partial charge in [-0.1, -0.05) is 12.1 Å². The summed E-state index contributed by atoms with van der Waals surface area (Å²) < 4.78 is 24.3. The monoisotopic (exact) mass is 227 g/mol. The minimum Gasteiger partial charge on any atom is -0.352 e. The summed E-state index contributed by atoms with van der Waals surface area (Å²) >= 11 is 0. The predicted molar refractivity (Wildman–Crippen MR) is 54.8 cm³/mol. The normalized spacial score (nSPS) is 10.2. The molecule has 0 aliphatic rings. The number of halogens is 2. The number of alkyl halides is 2. The summed E-state index contributed by atoms with van der Waals surface area (Å²) in [4.78, 5) is 22.4. The van der Waals surface area contributed by atoms with Crippen molar-refractivity contribution in [1.82, 2.24) is 5.32 Å². The molecule has 0 unspecified atom stereocenters. The van der Waals surface area contributed by atoms with Crippen molar-refractivity contribution in [3.05, 3.63) is 35.4 Å². The van der Waals surface area contributed by atoms with Crippen LogP contribution in [0, 0.1) is 0 Å². The Balaban J connectivity index is 2.95. The molecule has 0 saturated carbocycles. The van der Waals surface area contributed by atoms with Gasteiger partial charge in [-0.15, -0.1) is 0 Å². The molecule has 1 N–H and O–H groups in total. The van der Waals surface area contributed by atoms with Gasteiger partial charge in [-0.2, -0.15) is 0 Å². The van der Waals surface area contributed by atoms with Gasteiger partial charge in [0.1, 0.15) is 0 Å².